The highest BCUT2D eigenvalue weighted by atomic mass is 32.1. The molecule has 0 aromatic rings. The molecule has 0 aliphatic heterocycles. The second kappa shape index (κ2) is 4.14. The number of hydrogen-bond donors (Lipinski definition) is 2. The minimum atomic E-state index is 0.178. The molecule has 0 rings (SSSR count). The van der Waals surface area contributed by atoms with Gasteiger partial charge in [0.2, 0.25) is 5.96 Å². The Labute approximate surface area is 59.8 Å². The normalized spacial score (nSPS) is 12.4. The molecule has 0 aromatic carbocycles. The molecule has 0 aliphatic carbocycles. The molecule has 0 bridgehead atoms. The van der Waals surface area contributed by atoms with Crippen molar-refractivity contribution in [3.05, 3.63) is 11.6 Å². The molecule has 50 valence electrons. The number of nitrogens with zero attached hydrogens (tertiary/aromatic N) is 2. The number of nitrogens with two attached hydrogens (primary N) is 1. The summed E-state index contributed by atoms with van der Waals surface area (Å²) in [7, 11) is 0. The zero-order valence-corrected chi connectivity index (χ0v) is 6.10. The van der Waals surface area contributed by atoms with Crippen LogP contribution in [0.3, 0.4) is 0 Å². The summed E-state index contributed by atoms with van der Waals surface area (Å²) in [6.07, 6.45) is 1.55. The lowest BCUT2D eigenvalue weighted by molar-refractivity contribution is 1.42. The predicted octanol–water partition coefficient (Wildman–Crippen LogP) is 0.793. The number of guanidine groups is 1. The lowest BCUT2D eigenvalue weighted by atomic mass is 10.8. The Morgan fingerprint density at radius 3 is 2.67 bits per heavy atom. The third-order valence-corrected chi connectivity index (χ3v) is 0.605. The van der Waals surface area contributed by atoms with Crippen LogP contribution >= 0.6 is 12.6 Å². The van der Waals surface area contributed by atoms with Crippen LogP contribution in [0.2, 0.25) is 0 Å². The molecule has 9 heavy (non-hydrogen) atoms. The molecule has 2 N–H and O–H groups in total. The molecule has 0 unspecified atom stereocenters. The minimum Gasteiger partial charge on any atom is -0.368 e. The zero-order chi connectivity index (χ0) is 7.28. The first-order valence-corrected chi connectivity index (χ1v) is 2.82. The Morgan fingerprint density at radius 1 is 1.78 bits per heavy atom. The van der Waals surface area contributed by atoms with Crippen molar-refractivity contribution >= 4 is 24.8 Å². The van der Waals surface area contributed by atoms with E-state index in [0.29, 0.717) is 5.03 Å². The highest BCUT2D eigenvalue weighted by molar-refractivity contribution is 7.84. The Hall–Kier alpha value is -0.770. The van der Waals surface area contributed by atoms with Crippen LogP contribution in [-0.4, -0.2) is 12.2 Å². The van der Waals surface area contributed by atoms with Crippen molar-refractivity contribution < 1.29 is 0 Å². The van der Waals surface area contributed by atoms with Gasteiger partial charge in [-0.2, -0.15) is 0 Å². The summed E-state index contributed by atoms with van der Waals surface area (Å²) < 4.78 is 0. The van der Waals surface area contributed by atoms with Crippen molar-refractivity contribution in [2.24, 2.45) is 15.7 Å². The van der Waals surface area contributed by atoms with E-state index < -0.39 is 0 Å². The van der Waals surface area contributed by atoms with E-state index in [1.54, 1.807) is 13.1 Å². The molecule has 4 heteroatoms. The van der Waals surface area contributed by atoms with Gasteiger partial charge in [0.15, 0.2) is 0 Å². The Kier molecular flexibility index (Phi) is 3.79. The molecule has 0 amide bonds. The van der Waals surface area contributed by atoms with Crippen molar-refractivity contribution in [2.75, 3.05) is 0 Å². The van der Waals surface area contributed by atoms with Gasteiger partial charge < -0.3 is 5.73 Å². The van der Waals surface area contributed by atoms with Gasteiger partial charge in [-0.05, 0) is 6.92 Å². The van der Waals surface area contributed by atoms with E-state index >= 15 is 0 Å². The Bertz CT molecular complexity index is 160. The largest absolute Gasteiger partial charge is 0.368 e. The van der Waals surface area contributed by atoms with Gasteiger partial charge in [-0.3, -0.25) is 0 Å². The molecule has 3 nitrogen and oxygen atoms in total. The molecule has 0 saturated carbocycles. The van der Waals surface area contributed by atoms with Crippen LogP contribution in [0, 0.1) is 0 Å². The molecular formula is C5H9N3S. The summed E-state index contributed by atoms with van der Waals surface area (Å²) in [5.41, 5.74) is 5.23. The van der Waals surface area contributed by atoms with Crippen LogP contribution in [0.15, 0.2) is 21.6 Å². The lowest BCUT2D eigenvalue weighted by Gasteiger charge is -1.87. The van der Waals surface area contributed by atoms with E-state index in [-0.39, 0.29) is 5.96 Å². The quantitative estimate of drug-likeness (QED) is 0.318. The van der Waals surface area contributed by atoms with Gasteiger partial charge in [0.1, 0.15) is 0 Å². The number of rotatable bonds is 1. The smallest absolute Gasteiger partial charge is 0.220 e. The first kappa shape index (κ1) is 8.23. The summed E-state index contributed by atoms with van der Waals surface area (Å²) in [6.45, 7) is 5.15. The van der Waals surface area contributed by atoms with Crippen LogP contribution in [0.5, 0.6) is 0 Å². The van der Waals surface area contributed by atoms with Crippen molar-refractivity contribution in [3.8, 4) is 0 Å². The first-order valence-electron chi connectivity index (χ1n) is 2.37. The maximum atomic E-state index is 5.23. The SMILES string of the molecule is C=C(S)/N=C(N)\N=C/C. The van der Waals surface area contributed by atoms with E-state index in [1.165, 1.54) is 0 Å². The summed E-state index contributed by atoms with van der Waals surface area (Å²) in [4.78, 5) is 7.29. The van der Waals surface area contributed by atoms with Crippen LogP contribution in [0.25, 0.3) is 0 Å². The van der Waals surface area contributed by atoms with Gasteiger partial charge in [-0.15, -0.1) is 12.6 Å². The van der Waals surface area contributed by atoms with Gasteiger partial charge in [-0.25, -0.2) is 9.98 Å². The predicted molar refractivity (Wildman–Crippen MR) is 43.9 cm³/mol. The van der Waals surface area contributed by atoms with E-state index in [9.17, 15) is 0 Å². The summed E-state index contributed by atoms with van der Waals surface area (Å²) in [5.74, 6) is 0.178. The average molecular weight is 143 g/mol. The van der Waals surface area contributed by atoms with E-state index in [1.807, 2.05) is 0 Å². The summed E-state index contributed by atoms with van der Waals surface area (Å²) >= 11 is 3.79. The fraction of sp³-hybridized carbons (Fsp3) is 0.200. The lowest BCUT2D eigenvalue weighted by Crippen LogP contribution is -2.07. The summed E-state index contributed by atoms with van der Waals surface area (Å²) in [5, 5.41) is 0.359. The molecule has 0 heterocycles. The van der Waals surface area contributed by atoms with Gasteiger partial charge in [-0.1, -0.05) is 6.58 Å². The third-order valence-electron chi connectivity index (χ3n) is 0.505. The second-order valence-electron chi connectivity index (χ2n) is 1.27. The molecule has 0 fully saturated rings. The maximum absolute atomic E-state index is 5.23. The Balaban J connectivity index is 4.00. The fourth-order valence-electron chi connectivity index (χ4n) is 0.293. The minimum absolute atomic E-state index is 0.178. The van der Waals surface area contributed by atoms with E-state index in [4.69, 9.17) is 5.73 Å². The second-order valence-corrected chi connectivity index (χ2v) is 1.79. The molecule has 0 atom stereocenters. The van der Waals surface area contributed by atoms with Crippen molar-refractivity contribution in [3.63, 3.8) is 0 Å². The fourth-order valence-corrected chi connectivity index (χ4v) is 0.396. The highest BCUT2D eigenvalue weighted by Gasteiger charge is 1.82. The molecular weight excluding hydrogens is 134 g/mol. The van der Waals surface area contributed by atoms with Crippen molar-refractivity contribution in [2.45, 2.75) is 6.92 Å². The maximum Gasteiger partial charge on any atom is 0.220 e. The van der Waals surface area contributed by atoms with Crippen LogP contribution in [0.1, 0.15) is 6.92 Å². The van der Waals surface area contributed by atoms with Crippen molar-refractivity contribution in [1.29, 1.82) is 0 Å². The number of thiol groups is 1. The highest BCUT2D eigenvalue weighted by Crippen LogP contribution is 1.95. The van der Waals surface area contributed by atoms with Gasteiger partial charge in [0, 0.05) is 6.21 Å². The van der Waals surface area contributed by atoms with Gasteiger partial charge in [0.05, 0.1) is 5.03 Å². The monoisotopic (exact) mass is 143 g/mol. The first-order chi connectivity index (χ1) is 4.16. The van der Waals surface area contributed by atoms with Crippen LogP contribution < -0.4 is 5.73 Å². The molecule has 0 radical (unpaired) electrons. The average Bonchev–Trinajstić information content (AvgIpc) is 1.63. The topological polar surface area (TPSA) is 50.7 Å². The van der Waals surface area contributed by atoms with Crippen molar-refractivity contribution in [1.82, 2.24) is 0 Å². The van der Waals surface area contributed by atoms with Crippen LogP contribution in [-0.2, 0) is 0 Å². The molecule has 0 aliphatic rings. The standard InChI is InChI=1S/C5H9N3S/c1-3-7-5(6)8-4(2)9/h3,9H,2H2,1H3,(H2,6,8)/b7-3-. The molecule has 0 aromatic heterocycles. The summed E-state index contributed by atoms with van der Waals surface area (Å²) in [6, 6.07) is 0. The Morgan fingerprint density at radius 2 is 2.33 bits per heavy atom. The number of hydrogen-bond acceptors (Lipinski definition) is 2. The van der Waals surface area contributed by atoms with E-state index in [2.05, 4.69) is 29.2 Å². The third kappa shape index (κ3) is 5.10. The molecule has 0 saturated heterocycles. The van der Waals surface area contributed by atoms with Gasteiger partial charge >= 0.3 is 0 Å². The number of aliphatic imine (C=N–C) groups is 2. The van der Waals surface area contributed by atoms with Crippen LogP contribution in [0.4, 0.5) is 0 Å². The van der Waals surface area contributed by atoms with E-state index in [0.717, 1.165) is 0 Å². The molecule has 0 spiro atoms. The van der Waals surface area contributed by atoms with Gasteiger partial charge in [0.25, 0.3) is 0 Å². The zero-order valence-electron chi connectivity index (χ0n) is 5.20.